The maximum absolute atomic E-state index is 13.9. The monoisotopic (exact) mass is 278 g/mol. The molecule has 0 saturated carbocycles. The molecular weight excluding hydrogens is 271 g/mol. The minimum atomic E-state index is -0.614. The lowest BCUT2D eigenvalue weighted by molar-refractivity contribution is 0.470. The van der Waals surface area contributed by atoms with Crippen LogP contribution in [0.2, 0.25) is 5.02 Å². The SMILES string of the molecule is O=c1[nH]c2cccc(-c3cc(Cl)c(O)cc3F)c2[nH]1. The standard InChI is InChI=1S/C13H8ClFN2O2/c14-8-4-7(9(15)5-11(8)18)6-2-1-3-10-12(6)17-13(19)16-10/h1-5,18H,(H2,16,17,19). The Morgan fingerprint density at radius 2 is 1.95 bits per heavy atom. The molecule has 6 heteroatoms. The van der Waals surface area contributed by atoms with Crippen LogP contribution in [0.4, 0.5) is 4.39 Å². The number of aromatic amines is 2. The Balaban J connectivity index is 2.36. The van der Waals surface area contributed by atoms with E-state index in [9.17, 15) is 14.3 Å². The molecule has 2 aromatic carbocycles. The Morgan fingerprint density at radius 1 is 1.16 bits per heavy atom. The molecule has 1 aromatic heterocycles. The van der Waals surface area contributed by atoms with E-state index in [4.69, 9.17) is 11.6 Å². The first-order valence-electron chi connectivity index (χ1n) is 5.45. The fourth-order valence-corrected chi connectivity index (χ4v) is 2.19. The van der Waals surface area contributed by atoms with Crippen LogP contribution in [0.5, 0.6) is 5.75 Å². The summed E-state index contributed by atoms with van der Waals surface area (Å²) in [6.45, 7) is 0. The number of aromatic hydroxyl groups is 1. The molecule has 19 heavy (non-hydrogen) atoms. The first-order chi connectivity index (χ1) is 9.06. The molecule has 96 valence electrons. The van der Waals surface area contributed by atoms with E-state index < -0.39 is 5.82 Å². The zero-order chi connectivity index (χ0) is 13.6. The van der Waals surface area contributed by atoms with Crippen molar-refractivity contribution in [2.75, 3.05) is 0 Å². The summed E-state index contributed by atoms with van der Waals surface area (Å²) >= 11 is 5.80. The van der Waals surface area contributed by atoms with Crippen molar-refractivity contribution >= 4 is 22.6 Å². The number of phenolic OH excluding ortho intramolecular Hbond substituents is 1. The summed E-state index contributed by atoms with van der Waals surface area (Å²) in [4.78, 5) is 16.5. The van der Waals surface area contributed by atoms with Crippen molar-refractivity contribution in [1.29, 1.82) is 0 Å². The average molecular weight is 279 g/mol. The summed E-state index contributed by atoms with van der Waals surface area (Å²) < 4.78 is 13.9. The predicted octanol–water partition coefficient (Wildman–Crippen LogP) is 3.02. The van der Waals surface area contributed by atoms with Gasteiger partial charge in [-0.05, 0) is 12.1 Å². The highest BCUT2D eigenvalue weighted by Crippen LogP contribution is 2.34. The number of aromatic nitrogens is 2. The van der Waals surface area contributed by atoms with Gasteiger partial charge in [0.05, 0.1) is 16.1 Å². The molecule has 0 spiro atoms. The number of halogens is 2. The minimum absolute atomic E-state index is 0.0475. The summed E-state index contributed by atoms with van der Waals surface area (Å²) in [6, 6.07) is 7.34. The quantitative estimate of drug-likeness (QED) is 0.640. The number of rotatable bonds is 1. The van der Waals surface area contributed by atoms with Gasteiger partial charge in [0, 0.05) is 17.2 Å². The third-order valence-electron chi connectivity index (χ3n) is 2.88. The van der Waals surface area contributed by atoms with Crippen LogP contribution in [0, 0.1) is 5.82 Å². The Kier molecular flexibility index (Phi) is 2.57. The molecule has 0 bridgehead atoms. The van der Waals surface area contributed by atoms with Crippen LogP contribution >= 0.6 is 11.6 Å². The van der Waals surface area contributed by atoms with Crippen molar-refractivity contribution in [3.8, 4) is 16.9 Å². The number of imidazole rings is 1. The molecule has 0 aliphatic rings. The highest BCUT2D eigenvalue weighted by atomic mass is 35.5. The van der Waals surface area contributed by atoms with Crippen LogP contribution in [0.25, 0.3) is 22.2 Å². The molecule has 3 rings (SSSR count). The van der Waals surface area contributed by atoms with Gasteiger partial charge in [-0.25, -0.2) is 9.18 Å². The summed E-state index contributed by atoms with van der Waals surface area (Å²) in [5, 5.41) is 9.40. The summed E-state index contributed by atoms with van der Waals surface area (Å²) in [6.07, 6.45) is 0. The normalized spacial score (nSPS) is 11.1. The number of para-hydroxylation sites is 1. The molecule has 0 fully saturated rings. The van der Waals surface area contributed by atoms with Gasteiger partial charge in [-0.15, -0.1) is 0 Å². The van der Waals surface area contributed by atoms with Crippen LogP contribution in [0.3, 0.4) is 0 Å². The number of fused-ring (bicyclic) bond motifs is 1. The lowest BCUT2D eigenvalue weighted by Gasteiger charge is -2.06. The maximum atomic E-state index is 13.9. The maximum Gasteiger partial charge on any atom is 0.323 e. The fourth-order valence-electron chi connectivity index (χ4n) is 2.03. The Hall–Kier alpha value is -2.27. The van der Waals surface area contributed by atoms with Gasteiger partial charge in [-0.1, -0.05) is 23.7 Å². The number of benzene rings is 2. The molecule has 0 aliphatic carbocycles. The zero-order valence-electron chi connectivity index (χ0n) is 9.50. The topological polar surface area (TPSA) is 68.9 Å². The van der Waals surface area contributed by atoms with Gasteiger partial charge in [-0.3, -0.25) is 0 Å². The van der Waals surface area contributed by atoms with E-state index in [0.29, 0.717) is 16.6 Å². The summed E-state index contributed by atoms with van der Waals surface area (Å²) in [5.74, 6) is -0.936. The van der Waals surface area contributed by atoms with E-state index in [2.05, 4.69) is 9.97 Å². The molecule has 0 saturated heterocycles. The molecule has 0 radical (unpaired) electrons. The largest absolute Gasteiger partial charge is 0.506 e. The molecule has 3 aromatic rings. The molecule has 1 heterocycles. The van der Waals surface area contributed by atoms with Crippen LogP contribution in [-0.2, 0) is 0 Å². The van der Waals surface area contributed by atoms with E-state index in [-0.39, 0.29) is 22.0 Å². The zero-order valence-corrected chi connectivity index (χ0v) is 10.3. The van der Waals surface area contributed by atoms with Crippen molar-refractivity contribution in [2.24, 2.45) is 0 Å². The van der Waals surface area contributed by atoms with Crippen molar-refractivity contribution in [2.45, 2.75) is 0 Å². The van der Waals surface area contributed by atoms with Gasteiger partial charge >= 0.3 is 5.69 Å². The predicted molar refractivity (Wildman–Crippen MR) is 71.0 cm³/mol. The van der Waals surface area contributed by atoms with E-state index >= 15 is 0 Å². The Labute approximate surface area is 111 Å². The highest BCUT2D eigenvalue weighted by Gasteiger charge is 2.13. The van der Waals surface area contributed by atoms with Gasteiger partial charge < -0.3 is 15.1 Å². The van der Waals surface area contributed by atoms with E-state index in [1.54, 1.807) is 18.2 Å². The molecule has 4 nitrogen and oxygen atoms in total. The summed E-state index contributed by atoms with van der Waals surface area (Å²) in [5.41, 5.74) is 1.41. The van der Waals surface area contributed by atoms with Gasteiger partial charge in [-0.2, -0.15) is 0 Å². The second-order valence-corrected chi connectivity index (χ2v) is 4.50. The molecule has 0 amide bonds. The lowest BCUT2D eigenvalue weighted by atomic mass is 10.0. The van der Waals surface area contributed by atoms with Gasteiger partial charge in [0.1, 0.15) is 11.6 Å². The number of phenols is 1. The number of H-pyrrole nitrogens is 2. The first kappa shape index (κ1) is 11.8. The number of nitrogens with one attached hydrogen (secondary N) is 2. The van der Waals surface area contributed by atoms with Crippen molar-refractivity contribution in [3.63, 3.8) is 0 Å². The van der Waals surface area contributed by atoms with Gasteiger partial charge in [0.2, 0.25) is 0 Å². The minimum Gasteiger partial charge on any atom is -0.506 e. The lowest BCUT2D eigenvalue weighted by Crippen LogP contribution is -1.99. The van der Waals surface area contributed by atoms with Crippen LogP contribution < -0.4 is 5.69 Å². The van der Waals surface area contributed by atoms with E-state index in [1.165, 1.54) is 6.07 Å². The van der Waals surface area contributed by atoms with Crippen LogP contribution in [0.1, 0.15) is 0 Å². The van der Waals surface area contributed by atoms with Gasteiger partial charge in [0.25, 0.3) is 0 Å². The van der Waals surface area contributed by atoms with Crippen molar-refractivity contribution in [1.82, 2.24) is 9.97 Å². The molecule has 0 aliphatic heterocycles. The third kappa shape index (κ3) is 1.88. The molecule has 3 N–H and O–H groups in total. The van der Waals surface area contributed by atoms with Gasteiger partial charge in [0.15, 0.2) is 0 Å². The number of hydrogen-bond acceptors (Lipinski definition) is 2. The van der Waals surface area contributed by atoms with Crippen LogP contribution in [-0.4, -0.2) is 15.1 Å². The third-order valence-corrected chi connectivity index (χ3v) is 3.18. The van der Waals surface area contributed by atoms with Crippen molar-refractivity contribution < 1.29 is 9.50 Å². The smallest absolute Gasteiger partial charge is 0.323 e. The Morgan fingerprint density at radius 3 is 2.74 bits per heavy atom. The molecule has 0 unspecified atom stereocenters. The highest BCUT2D eigenvalue weighted by molar-refractivity contribution is 6.32. The second-order valence-electron chi connectivity index (χ2n) is 4.09. The number of hydrogen-bond donors (Lipinski definition) is 3. The molecule has 0 atom stereocenters. The van der Waals surface area contributed by atoms with E-state index in [0.717, 1.165) is 6.07 Å². The van der Waals surface area contributed by atoms with Crippen LogP contribution in [0.15, 0.2) is 35.1 Å². The Bertz CT molecular complexity index is 838. The fraction of sp³-hybridized carbons (Fsp3) is 0. The molecular formula is C13H8ClFN2O2. The average Bonchev–Trinajstić information content (AvgIpc) is 2.74. The first-order valence-corrected chi connectivity index (χ1v) is 5.83. The van der Waals surface area contributed by atoms with E-state index in [1.807, 2.05) is 0 Å². The van der Waals surface area contributed by atoms with Crippen molar-refractivity contribution in [3.05, 3.63) is 51.7 Å². The second kappa shape index (κ2) is 4.13. The summed E-state index contributed by atoms with van der Waals surface area (Å²) in [7, 11) is 0.